The first-order valence-corrected chi connectivity index (χ1v) is 5.18. The number of hydrogen-bond acceptors (Lipinski definition) is 4. The van der Waals surface area contributed by atoms with Crippen molar-refractivity contribution in [1.82, 2.24) is 15.5 Å². The number of hydrogen-bond donors (Lipinski definition) is 2. The van der Waals surface area contributed by atoms with Gasteiger partial charge in [-0.3, -0.25) is 4.79 Å². The number of aromatic amines is 1. The number of aromatic nitrogens is 2. The van der Waals surface area contributed by atoms with Crippen molar-refractivity contribution in [1.29, 1.82) is 0 Å². The van der Waals surface area contributed by atoms with E-state index in [4.69, 9.17) is 9.26 Å². The van der Waals surface area contributed by atoms with Crippen molar-refractivity contribution in [3.05, 3.63) is 35.9 Å². The molecule has 2 aromatic heterocycles. The third-order valence-corrected chi connectivity index (χ3v) is 2.11. The van der Waals surface area contributed by atoms with Crippen LogP contribution < -0.4 is 10.1 Å². The van der Waals surface area contributed by atoms with Crippen molar-refractivity contribution in [2.45, 2.75) is 13.5 Å². The maximum Gasteiger partial charge on any atom is 0.258 e. The van der Waals surface area contributed by atoms with E-state index in [0.717, 1.165) is 5.56 Å². The summed E-state index contributed by atoms with van der Waals surface area (Å²) in [6, 6.07) is 3.52. The van der Waals surface area contributed by atoms with Crippen LogP contribution in [0.2, 0.25) is 0 Å². The number of ether oxygens (including phenoxy) is 1. The van der Waals surface area contributed by atoms with Crippen LogP contribution in [0, 0.1) is 6.92 Å². The Morgan fingerprint density at radius 1 is 1.65 bits per heavy atom. The number of rotatable bonds is 5. The maximum absolute atomic E-state index is 11.4. The maximum atomic E-state index is 11.4. The number of carbonyl (C=O) groups excluding carboxylic acids is 1. The van der Waals surface area contributed by atoms with E-state index in [1.165, 1.54) is 0 Å². The van der Waals surface area contributed by atoms with Crippen LogP contribution in [0.4, 0.5) is 0 Å². The number of nitrogens with one attached hydrogen (secondary N) is 2. The smallest absolute Gasteiger partial charge is 0.258 e. The molecule has 0 bridgehead atoms. The molecule has 90 valence electrons. The van der Waals surface area contributed by atoms with Gasteiger partial charge in [-0.15, -0.1) is 0 Å². The first kappa shape index (κ1) is 11.3. The minimum absolute atomic E-state index is 0.0730. The third kappa shape index (κ3) is 3.37. The Balaban J connectivity index is 1.71. The molecule has 2 N–H and O–H groups in total. The quantitative estimate of drug-likeness (QED) is 0.810. The van der Waals surface area contributed by atoms with Gasteiger partial charge in [0.25, 0.3) is 11.8 Å². The fourth-order valence-electron chi connectivity index (χ4n) is 1.27. The van der Waals surface area contributed by atoms with Gasteiger partial charge in [-0.1, -0.05) is 0 Å². The molecule has 1 amide bonds. The molecule has 0 fully saturated rings. The van der Waals surface area contributed by atoms with Gasteiger partial charge in [0, 0.05) is 25.0 Å². The summed E-state index contributed by atoms with van der Waals surface area (Å²) in [5, 5.41) is 6.34. The summed E-state index contributed by atoms with van der Waals surface area (Å²) in [7, 11) is 0. The standard InChI is InChI=1S/C11H13N3O3/c1-8-4-11(14-17-8)16-7-10(15)13-6-9-2-3-12-5-9/h2-5,12H,6-7H2,1H3,(H,13,15). The van der Waals surface area contributed by atoms with Gasteiger partial charge in [-0.05, 0) is 23.7 Å². The number of aryl methyl sites for hydroxylation is 1. The molecule has 0 saturated heterocycles. The Labute approximate surface area is 97.9 Å². The molecule has 17 heavy (non-hydrogen) atoms. The fourth-order valence-corrected chi connectivity index (χ4v) is 1.27. The first-order valence-electron chi connectivity index (χ1n) is 5.18. The van der Waals surface area contributed by atoms with Gasteiger partial charge < -0.3 is 19.6 Å². The predicted molar refractivity (Wildman–Crippen MR) is 59.4 cm³/mol. The molecule has 0 atom stereocenters. The second kappa shape index (κ2) is 5.20. The SMILES string of the molecule is Cc1cc(OCC(=O)NCc2cc[nH]c2)no1. The zero-order valence-electron chi connectivity index (χ0n) is 9.40. The molecule has 2 heterocycles. The van der Waals surface area contributed by atoms with Gasteiger partial charge in [0.05, 0.1) is 0 Å². The van der Waals surface area contributed by atoms with Crippen LogP contribution in [-0.2, 0) is 11.3 Å². The van der Waals surface area contributed by atoms with Crippen molar-refractivity contribution < 1.29 is 14.1 Å². The summed E-state index contributed by atoms with van der Waals surface area (Å²) in [6.07, 6.45) is 3.62. The van der Waals surface area contributed by atoms with Crippen LogP contribution in [0.3, 0.4) is 0 Å². The molecule has 0 aromatic carbocycles. The lowest BCUT2D eigenvalue weighted by Crippen LogP contribution is -2.28. The van der Waals surface area contributed by atoms with E-state index in [1.807, 2.05) is 12.3 Å². The van der Waals surface area contributed by atoms with E-state index >= 15 is 0 Å². The number of H-pyrrole nitrogens is 1. The van der Waals surface area contributed by atoms with E-state index in [1.54, 1.807) is 19.2 Å². The Hall–Kier alpha value is -2.24. The lowest BCUT2D eigenvalue weighted by molar-refractivity contribution is -0.123. The Morgan fingerprint density at radius 2 is 2.53 bits per heavy atom. The summed E-state index contributed by atoms with van der Waals surface area (Å²) in [4.78, 5) is 14.3. The van der Waals surface area contributed by atoms with E-state index in [-0.39, 0.29) is 12.5 Å². The zero-order valence-corrected chi connectivity index (χ0v) is 9.40. The van der Waals surface area contributed by atoms with Crippen LogP contribution in [0.15, 0.2) is 29.0 Å². The number of amides is 1. The average Bonchev–Trinajstić information content (AvgIpc) is 2.95. The summed E-state index contributed by atoms with van der Waals surface area (Å²) in [5.41, 5.74) is 1.01. The van der Waals surface area contributed by atoms with Crippen molar-refractivity contribution in [3.8, 4) is 5.88 Å². The zero-order chi connectivity index (χ0) is 12.1. The minimum Gasteiger partial charge on any atom is -0.465 e. The molecule has 0 aliphatic carbocycles. The fraction of sp³-hybridized carbons (Fsp3) is 0.273. The highest BCUT2D eigenvalue weighted by Gasteiger charge is 2.05. The van der Waals surface area contributed by atoms with E-state index < -0.39 is 0 Å². The Kier molecular flexibility index (Phi) is 3.44. The third-order valence-electron chi connectivity index (χ3n) is 2.11. The molecule has 0 unspecified atom stereocenters. The second-order valence-corrected chi connectivity index (χ2v) is 3.56. The molecule has 6 heteroatoms. The van der Waals surface area contributed by atoms with Crippen molar-refractivity contribution in [2.75, 3.05) is 6.61 Å². The Morgan fingerprint density at radius 3 is 3.18 bits per heavy atom. The molecule has 0 aliphatic heterocycles. The van der Waals surface area contributed by atoms with Crippen molar-refractivity contribution in [2.24, 2.45) is 0 Å². The lowest BCUT2D eigenvalue weighted by Gasteiger charge is -2.03. The monoisotopic (exact) mass is 235 g/mol. The van der Waals surface area contributed by atoms with Crippen LogP contribution in [0.5, 0.6) is 5.88 Å². The lowest BCUT2D eigenvalue weighted by atomic mass is 10.3. The van der Waals surface area contributed by atoms with Crippen molar-refractivity contribution in [3.63, 3.8) is 0 Å². The number of nitrogens with zero attached hydrogens (tertiary/aromatic N) is 1. The summed E-state index contributed by atoms with van der Waals surface area (Å²) in [6.45, 7) is 2.16. The van der Waals surface area contributed by atoms with Gasteiger partial charge in [0.2, 0.25) is 0 Å². The molecular formula is C11H13N3O3. The molecule has 0 spiro atoms. The van der Waals surface area contributed by atoms with Gasteiger partial charge in [0.15, 0.2) is 6.61 Å². The highest BCUT2D eigenvalue weighted by Crippen LogP contribution is 2.09. The molecule has 0 saturated carbocycles. The molecule has 0 aliphatic rings. The van der Waals surface area contributed by atoms with E-state index in [0.29, 0.717) is 18.2 Å². The highest BCUT2D eigenvalue weighted by atomic mass is 16.5. The summed E-state index contributed by atoms with van der Waals surface area (Å²) < 4.78 is 9.94. The van der Waals surface area contributed by atoms with Crippen LogP contribution in [0.1, 0.15) is 11.3 Å². The molecule has 6 nitrogen and oxygen atoms in total. The van der Waals surface area contributed by atoms with Crippen LogP contribution in [-0.4, -0.2) is 22.7 Å². The van der Waals surface area contributed by atoms with Gasteiger partial charge in [0.1, 0.15) is 5.76 Å². The van der Waals surface area contributed by atoms with Gasteiger partial charge >= 0.3 is 0 Å². The van der Waals surface area contributed by atoms with Crippen molar-refractivity contribution >= 4 is 5.91 Å². The van der Waals surface area contributed by atoms with Crippen LogP contribution >= 0.6 is 0 Å². The molecule has 2 rings (SSSR count). The normalized spacial score (nSPS) is 10.2. The molecular weight excluding hydrogens is 222 g/mol. The number of carbonyl (C=O) groups is 1. The average molecular weight is 235 g/mol. The van der Waals surface area contributed by atoms with Crippen LogP contribution in [0.25, 0.3) is 0 Å². The van der Waals surface area contributed by atoms with E-state index in [9.17, 15) is 4.79 Å². The topological polar surface area (TPSA) is 80.1 Å². The Bertz CT molecular complexity index is 476. The van der Waals surface area contributed by atoms with Gasteiger partial charge in [-0.25, -0.2) is 0 Å². The summed E-state index contributed by atoms with van der Waals surface area (Å²) in [5.74, 6) is 0.763. The highest BCUT2D eigenvalue weighted by molar-refractivity contribution is 5.77. The van der Waals surface area contributed by atoms with Gasteiger partial charge in [-0.2, -0.15) is 0 Å². The minimum atomic E-state index is -0.202. The first-order chi connectivity index (χ1) is 8.24. The summed E-state index contributed by atoms with van der Waals surface area (Å²) >= 11 is 0. The molecule has 0 radical (unpaired) electrons. The molecule has 2 aromatic rings. The van der Waals surface area contributed by atoms with E-state index in [2.05, 4.69) is 15.5 Å². The predicted octanol–water partition coefficient (Wildman–Crippen LogP) is 1.01. The second-order valence-electron chi connectivity index (χ2n) is 3.56. The largest absolute Gasteiger partial charge is 0.465 e.